The van der Waals surface area contributed by atoms with Gasteiger partial charge in [0.15, 0.2) is 0 Å². The molecule has 0 aliphatic carbocycles. The van der Waals surface area contributed by atoms with Gasteiger partial charge in [-0.15, -0.1) is 0 Å². The number of halogens is 4. The SMILES string of the molecule is Cc1ccc(C(Cc2ccccc2)(NC(=O)Nc2ccc(F)c([N+](=O)[O-])c2)c2cccc(C(F)(F)F)c2)nc1. The molecule has 1 heterocycles. The van der Waals surface area contributed by atoms with E-state index < -0.39 is 39.7 Å². The van der Waals surface area contributed by atoms with Gasteiger partial charge in [0.05, 0.1) is 16.2 Å². The molecule has 3 aromatic carbocycles. The predicted molar refractivity (Wildman–Crippen MR) is 137 cm³/mol. The monoisotopic (exact) mass is 538 g/mol. The Morgan fingerprint density at radius 1 is 0.949 bits per heavy atom. The van der Waals surface area contributed by atoms with Crippen molar-refractivity contribution in [3.63, 3.8) is 0 Å². The third-order valence-corrected chi connectivity index (χ3v) is 6.07. The Kier molecular flexibility index (Phi) is 7.61. The largest absolute Gasteiger partial charge is 0.416 e. The number of carbonyl (C=O) groups excluding carboxylic acids is 1. The summed E-state index contributed by atoms with van der Waals surface area (Å²) < 4.78 is 55.0. The molecule has 0 aliphatic rings. The van der Waals surface area contributed by atoms with Crippen molar-refractivity contribution in [3.05, 3.63) is 135 Å². The van der Waals surface area contributed by atoms with Crippen LogP contribution in [0.3, 0.4) is 0 Å². The van der Waals surface area contributed by atoms with Gasteiger partial charge in [0, 0.05) is 24.4 Å². The van der Waals surface area contributed by atoms with E-state index in [9.17, 15) is 32.5 Å². The number of hydrogen-bond donors (Lipinski definition) is 2. The van der Waals surface area contributed by atoms with Crippen LogP contribution in [0.5, 0.6) is 0 Å². The number of pyridine rings is 1. The molecule has 4 rings (SSSR count). The highest BCUT2D eigenvalue weighted by Crippen LogP contribution is 2.37. The van der Waals surface area contributed by atoms with Gasteiger partial charge >= 0.3 is 17.9 Å². The second kappa shape index (κ2) is 10.9. The van der Waals surface area contributed by atoms with Gasteiger partial charge < -0.3 is 10.6 Å². The summed E-state index contributed by atoms with van der Waals surface area (Å²) in [5.41, 5.74) is -1.60. The van der Waals surface area contributed by atoms with Gasteiger partial charge in [0.1, 0.15) is 5.54 Å². The molecule has 4 aromatic rings. The third kappa shape index (κ3) is 6.20. The Balaban J connectivity index is 1.85. The number of hydrogen-bond acceptors (Lipinski definition) is 4. The number of alkyl halides is 3. The van der Waals surface area contributed by atoms with E-state index >= 15 is 0 Å². The van der Waals surface area contributed by atoms with E-state index in [1.165, 1.54) is 18.3 Å². The van der Waals surface area contributed by atoms with Crippen LogP contribution in [0.4, 0.5) is 33.7 Å². The van der Waals surface area contributed by atoms with Crippen molar-refractivity contribution in [1.29, 1.82) is 0 Å². The molecular weight excluding hydrogens is 516 g/mol. The molecular formula is C28H22F4N4O3. The van der Waals surface area contributed by atoms with E-state index in [-0.39, 0.29) is 23.4 Å². The Morgan fingerprint density at radius 2 is 1.67 bits per heavy atom. The van der Waals surface area contributed by atoms with E-state index in [4.69, 9.17) is 0 Å². The first kappa shape index (κ1) is 27.2. The molecule has 11 heteroatoms. The number of benzene rings is 3. The highest BCUT2D eigenvalue weighted by atomic mass is 19.4. The van der Waals surface area contributed by atoms with Crippen LogP contribution in [0.2, 0.25) is 0 Å². The number of nitrogens with one attached hydrogen (secondary N) is 2. The molecule has 7 nitrogen and oxygen atoms in total. The summed E-state index contributed by atoms with van der Waals surface area (Å²) in [7, 11) is 0. The molecule has 1 aromatic heterocycles. The fourth-order valence-corrected chi connectivity index (χ4v) is 4.19. The van der Waals surface area contributed by atoms with Crippen LogP contribution < -0.4 is 10.6 Å². The fraction of sp³-hybridized carbons (Fsp3) is 0.143. The molecule has 39 heavy (non-hydrogen) atoms. The topological polar surface area (TPSA) is 97.2 Å². The van der Waals surface area contributed by atoms with Gasteiger partial charge in [-0.1, -0.05) is 48.5 Å². The normalized spacial score (nSPS) is 12.8. The van der Waals surface area contributed by atoms with Gasteiger partial charge in [-0.3, -0.25) is 15.1 Å². The molecule has 200 valence electrons. The van der Waals surface area contributed by atoms with Crippen molar-refractivity contribution >= 4 is 17.4 Å². The van der Waals surface area contributed by atoms with Crippen LogP contribution in [-0.2, 0) is 18.1 Å². The molecule has 0 spiro atoms. The minimum absolute atomic E-state index is 0.0161. The van der Waals surface area contributed by atoms with Crippen LogP contribution in [0.1, 0.15) is 27.9 Å². The number of amides is 2. The van der Waals surface area contributed by atoms with E-state index in [1.807, 2.05) is 0 Å². The number of nitro groups is 1. The molecule has 0 fully saturated rings. The fourth-order valence-electron chi connectivity index (χ4n) is 4.19. The quantitative estimate of drug-likeness (QED) is 0.154. The first-order chi connectivity index (χ1) is 18.5. The summed E-state index contributed by atoms with van der Waals surface area (Å²) in [5, 5.41) is 16.3. The van der Waals surface area contributed by atoms with Crippen LogP contribution >= 0.6 is 0 Å². The minimum Gasteiger partial charge on any atom is -0.322 e. The highest BCUT2D eigenvalue weighted by Gasteiger charge is 2.40. The summed E-state index contributed by atoms with van der Waals surface area (Å²) in [6.07, 6.45) is -3.10. The Bertz CT molecular complexity index is 1500. The third-order valence-electron chi connectivity index (χ3n) is 6.07. The zero-order valence-electron chi connectivity index (χ0n) is 20.5. The van der Waals surface area contributed by atoms with Crippen molar-refractivity contribution in [2.45, 2.75) is 25.1 Å². The van der Waals surface area contributed by atoms with Gasteiger partial charge in [0.2, 0.25) is 5.82 Å². The second-order valence-corrected chi connectivity index (χ2v) is 8.87. The number of urea groups is 1. The highest BCUT2D eigenvalue weighted by molar-refractivity contribution is 5.90. The zero-order valence-corrected chi connectivity index (χ0v) is 20.5. The van der Waals surface area contributed by atoms with Crippen molar-refractivity contribution < 1.29 is 27.3 Å². The first-order valence-electron chi connectivity index (χ1n) is 11.7. The van der Waals surface area contributed by atoms with Gasteiger partial charge in [-0.2, -0.15) is 17.6 Å². The minimum atomic E-state index is -4.65. The standard InChI is InChI=1S/C28H22F4N4O3/c1-18-10-13-25(33-17-18)27(16-19-6-3-2-4-7-19,20-8-5-9-21(14-20)28(30,31)32)35-26(37)34-22-11-12-23(29)24(15-22)36(38)39/h2-15,17H,16H2,1H3,(H2,34,35,37). The lowest BCUT2D eigenvalue weighted by atomic mass is 9.80. The van der Waals surface area contributed by atoms with Crippen molar-refractivity contribution in [2.75, 3.05) is 5.32 Å². The summed E-state index contributed by atoms with van der Waals surface area (Å²) in [4.78, 5) is 28.0. The molecule has 0 saturated carbocycles. The van der Waals surface area contributed by atoms with Crippen molar-refractivity contribution in [3.8, 4) is 0 Å². The molecule has 0 bridgehead atoms. The van der Waals surface area contributed by atoms with Crippen LogP contribution in [-0.4, -0.2) is 15.9 Å². The van der Waals surface area contributed by atoms with E-state index in [0.29, 0.717) is 5.56 Å². The number of aromatic nitrogens is 1. The maximum atomic E-state index is 13.8. The van der Waals surface area contributed by atoms with E-state index in [1.54, 1.807) is 49.4 Å². The Morgan fingerprint density at radius 3 is 2.31 bits per heavy atom. The number of carbonyl (C=O) groups is 1. The summed E-state index contributed by atoms with van der Waals surface area (Å²) in [5.74, 6) is -1.09. The summed E-state index contributed by atoms with van der Waals surface area (Å²) >= 11 is 0. The lowest BCUT2D eigenvalue weighted by Gasteiger charge is -2.36. The molecule has 0 saturated heterocycles. The molecule has 0 radical (unpaired) electrons. The lowest BCUT2D eigenvalue weighted by Crippen LogP contribution is -2.50. The average molecular weight is 539 g/mol. The van der Waals surface area contributed by atoms with Gasteiger partial charge in [-0.05, 0) is 53.9 Å². The first-order valence-corrected chi connectivity index (χ1v) is 11.7. The Labute approximate surface area is 220 Å². The van der Waals surface area contributed by atoms with Crippen LogP contribution in [0.25, 0.3) is 0 Å². The lowest BCUT2D eigenvalue weighted by molar-refractivity contribution is -0.387. The molecule has 0 aliphatic heterocycles. The molecule has 1 unspecified atom stereocenters. The molecule has 1 atom stereocenters. The summed E-state index contributed by atoms with van der Waals surface area (Å²) in [6.45, 7) is 1.79. The van der Waals surface area contributed by atoms with E-state index in [0.717, 1.165) is 35.9 Å². The smallest absolute Gasteiger partial charge is 0.322 e. The molecule has 2 amide bonds. The zero-order chi connectivity index (χ0) is 28.2. The number of aryl methyl sites for hydroxylation is 1. The molecule has 2 N–H and O–H groups in total. The van der Waals surface area contributed by atoms with Crippen molar-refractivity contribution in [2.24, 2.45) is 0 Å². The van der Waals surface area contributed by atoms with Crippen molar-refractivity contribution in [1.82, 2.24) is 10.3 Å². The van der Waals surface area contributed by atoms with Crippen LogP contribution in [0.15, 0.2) is 91.1 Å². The number of nitro benzene ring substituents is 1. The number of nitrogens with zero attached hydrogens (tertiary/aromatic N) is 2. The second-order valence-electron chi connectivity index (χ2n) is 8.87. The maximum absolute atomic E-state index is 13.8. The van der Waals surface area contributed by atoms with Crippen LogP contribution in [0, 0.1) is 22.9 Å². The van der Waals surface area contributed by atoms with Gasteiger partial charge in [0.25, 0.3) is 0 Å². The van der Waals surface area contributed by atoms with E-state index in [2.05, 4.69) is 15.6 Å². The number of rotatable bonds is 7. The number of anilines is 1. The predicted octanol–water partition coefficient (Wildman–Crippen LogP) is 6.76. The average Bonchev–Trinajstić information content (AvgIpc) is 2.90. The maximum Gasteiger partial charge on any atom is 0.416 e. The Hall–Kier alpha value is -4.80. The summed E-state index contributed by atoms with van der Waals surface area (Å²) in [6, 6.07) is 18.7. The van der Waals surface area contributed by atoms with Gasteiger partial charge in [-0.25, -0.2) is 4.79 Å².